The maximum Gasteiger partial charge on any atom is 0.133 e. The first-order chi connectivity index (χ1) is 16.0. The van der Waals surface area contributed by atoms with Crippen LogP contribution in [0.4, 0.5) is 0 Å². The minimum Gasteiger partial charge on any atom is -0.393 e. The molecule has 5 nitrogen and oxygen atoms in total. The van der Waals surface area contributed by atoms with Gasteiger partial charge in [-0.05, 0) is 98.2 Å². The molecule has 0 heterocycles. The van der Waals surface area contributed by atoms with E-state index in [1.165, 1.54) is 6.42 Å². The van der Waals surface area contributed by atoms with Gasteiger partial charge in [-0.15, -0.1) is 0 Å². The lowest BCUT2D eigenvalue weighted by atomic mass is 9.43. The van der Waals surface area contributed by atoms with Gasteiger partial charge >= 0.3 is 0 Å². The highest BCUT2D eigenvalue weighted by Gasteiger charge is 2.67. The van der Waals surface area contributed by atoms with Crippen molar-refractivity contribution in [3.05, 3.63) is 0 Å². The van der Waals surface area contributed by atoms with Crippen LogP contribution < -0.4 is 0 Å². The van der Waals surface area contributed by atoms with Gasteiger partial charge in [0.2, 0.25) is 0 Å². The Hall–Kier alpha value is -0.490. The molecule has 5 aliphatic carbocycles. The molecule has 0 aromatic heterocycles. The summed E-state index contributed by atoms with van der Waals surface area (Å²) in [5.41, 5.74) is -1.98. The average molecular weight is 477 g/mol. The van der Waals surface area contributed by atoms with E-state index in [0.29, 0.717) is 67.0 Å². The fourth-order valence-electron chi connectivity index (χ4n) is 10.1. The number of rotatable bonds is 6. The first-order valence-corrected chi connectivity index (χ1v) is 14.2. The Bertz CT molecular complexity index is 799. The van der Waals surface area contributed by atoms with Gasteiger partial charge in [-0.1, -0.05) is 27.7 Å². The SMILES string of the molecule is CC(CC(O)C(O)(CO)[C@H]1CC[C@H]2[C@@H]3CC[C@H]4CC(=O)CC[C@]4(C)[C@H]3C[C@@H](O)[C@]12C)[C@@H]1C[C@H]1C. The number of carbonyl (C=O) groups is 1. The van der Waals surface area contributed by atoms with E-state index in [1.807, 2.05) is 0 Å². The molecule has 0 aromatic rings. The van der Waals surface area contributed by atoms with E-state index in [0.717, 1.165) is 32.1 Å². The number of ketones is 1. The summed E-state index contributed by atoms with van der Waals surface area (Å²) in [5.74, 6) is 3.30. The minimum absolute atomic E-state index is 0.112. The second kappa shape index (κ2) is 8.53. The summed E-state index contributed by atoms with van der Waals surface area (Å²) in [4.78, 5) is 12.2. The van der Waals surface area contributed by atoms with Crippen LogP contribution in [0.25, 0.3) is 0 Å². The summed E-state index contributed by atoms with van der Waals surface area (Å²) in [7, 11) is 0. The van der Waals surface area contributed by atoms with Gasteiger partial charge in [0, 0.05) is 24.2 Å². The Morgan fingerprint density at radius 3 is 2.47 bits per heavy atom. The maximum absolute atomic E-state index is 12.2. The van der Waals surface area contributed by atoms with Crippen LogP contribution in [0.15, 0.2) is 0 Å². The first kappa shape index (κ1) is 25.2. The van der Waals surface area contributed by atoms with Gasteiger partial charge < -0.3 is 20.4 Å². The zero-order valence-corrected chi connectivity index (χ0v) is 21.7. The average Bonchev–Trinajstić information content (AvgIpc) is 3.42. The topological polar surface area (TPSA) is 98.0 Å². The number of carbonyl (C=O) groups excluding carboxylic acids is 1. The lowest BCUT2D eigenvalue weighted by molar-refractivity contribution is -0.216. The molecule has 0 saturated heterocycles. The third-order valence-corrected chi connectivity index (χ3v) is 12.5. The predicted molar refractivity (Wildman–Crippen MR) is 131 cm³/mol. The molecule has 0 spiro atoms. The second-order valence-corrected chi connectivity index (χ2v) is 13.9. The van der Waals surface area contributed by atoms with Crippen molar-refractivity contribution in [3.63, 3.8) is 0 Å². The zero-order chi connectivity index (χ0) is 24.6. The number of hydrogen-bond acceptors (Lipinski definition) is 5. The Morgan fingerprint density at radius 2 is 1.82 bits per heavy atom. The van der Waals surface area contributed by atoms with Crippen LogP contribution in [0.3, 0.4) is 0 Å². The number of hydrogen-bond donors (Lipinski definition) is 4. The summed E-state index contributed by atoms with van der Waals surface area (Å²) in [6.45, 7) is 8.44. The van der Waals surface area contributed by atoms with Gasteiger partial charge in [0.1, 0.15) is 11.4 Å². The normalized spacial score (nSPS) is 51.6. The fourth-order valence-corrected chi connectivity index (χ4v) is 10.1. The third kappa shape index (κ3) is 3.58. The summed E-state index contributed by atoms with van der Waals surface area (Å²) in [6.07, 6.45) is 7.01. The Labute approximate surface area is 205 Å². The van der Waals surface area contributed by atoms with Crippen LogP contribution in [0.5, 0.6) is 0 Å². The Balaban J connectivity index is 1.39. The van der Waals surface area contributed by atoms with E-state index >= 15 is 0 Å². The largest absolute Gasteiger partial charge is 0.393 e. The van der Waals surface area contributed by atoms with Crippen LogP contribution in [-0.4, -0.2) is 50.6 Å². The fraction of sp³-hybridized carbons (Fsp3) is 0.966. The van der Waals surface area contributed by atoms with Crippen molar-refractivity contribution in [1.82, 2.24) is 0 Å². The first-order valence-electron chi connectivity index (χ1n) is 14.2. The van der Waals surface area contributed by atoms with Crippen molar-refractivity contribution in [2.75, 3.05) is 6.61 Å². The summed E-state index contributed by atoms with van der Waals surface area (Å²) in [5, 5.41) is 45.3. The van der Waals surface area contributed by atoms with Crippen molar-refractivity contribution in [3.8, 4) is 0 Å². The number of Topliss-reactive ketones (excluding diaryl/α,β-unsaturated/α-hetero) is 1. The summed E-state index contributed by atoms with van der Waals surface area (Å²) in [6, 6.07) is 0. The zero-order valence-electron chi connectivity index (χ0n) is 21.7. The summed E-state index contributed by atoms with van der Waals surface area (Å²) >= 11 is 0. The van der Waals surface area contributed by atoms with Crippen LogP contribution in [0.1, 0.15) is 91.9 Å². The van der Waals surface area contributed by atoms with Gasteiger partial charge in [-0.3, -0.25) is 4.79 Å². The molecule has 34 heavy (non-hydrogen) atoms. The quantitative estimate of drug-likeness (QED) is 0.465. The van der Waals surface area contributed by atoms with Crippen molar-refractivity contribution in [2.24, 2.45) is 58.2 Å². The molecule has 194 valence electrons. The molecule has 5 rings (SSSR count). The van der Waals surface area contributed by atoms with Crippen molar-refractivity contribution in [2.45, 2.75) is 110 Å². The molecule has 13 atom stereocenters. The smallest absolute Gasteiger partial charge is 0.133 e. The highest BCUT2D eigenvalue weighted by molar-refractivity contribution is 5.79. The molecule has 5 saturated carbocycles. The Kier molecular flexibility index (Phi) is 6.32. The number of aliphatic hydroxyl groups excluding tert-OH is 3. The van der Waals surface area contributed by atoms with Gasteiger partial charge in [-0.25, -0.2) is 0 Å². The van der Waals surface area contributed by atoms with E-state index < -0.39 is 29.8 Å². The molecule has 4 N–H and O–H groups in total. The van der Waals surface area contributed by atoms with Crippen molar-refractivity contribution in [1.29, 1.82) is 0 Å². The lowest BCUT2D eigenvalue weighted by Gasteiger charge is -2.62. The van der Waals surface area contributed by atoms with E-state index in [1.54, 1.807) is 0 Å². The van der Waals surface area contributed by atoms with Crippen molar-refractivity contribution >= 4 is 5.78 Å². The molecule has 5 fully saturated rings. The molecule has 0 aromatic carbocycles. The highest BCUT2D eigenvalue weighted by atomic mass is 16.4. The lowest BCUT2D eigenvalue weighted by Crippen LogP contribution is -2.63. The predicted octanol–water partition coefficient (Wildman–Crippen LogP) is 3.95. The maximum atomic E-state index is 12.2. The molecular weight excluding hydrogens is 428 g/mol. The molecular formula is C29H48O5. The van der Waals surface area contributed by atoms with Crippen LogP contribution in [-0.2, 0) is 4.79 Å². The minimum atomic E-state index is -1.58. The molecule has 3 unspecified atom stereocenters. The van der Waals surface area contributed by atoms with Gasteiger partial charge in [0.25, 0.3) is 0 Å². The molecule has 5 heteroatoms. The van der Waals surface area contributed by atoms with Crippen molar-refractivity contribution < 1.29 is 25.2 Å². The van der Waals surface area contributed by atoms with Crippen LogP contribution in [0, 0.1) is 58.2 Å². The van der Waals surface area contributed by atoms with Crippen LogP contribution in [0.2, 0.25) is 0 Å². The molecule has 0 bridgehead atoms. The van der Waals surface area contributed by atoms with E-state index in [2.05, 4.69) is 27.7 Å². The van der Waals surface area contributed by atoms with E-state index in [9.17, 15) is 25.2 Å². The van der Waals surface area contributed by atoms with E-state index in [4.69, 9.17) is 0 Å². The molecule has 0 radical (unpaired) electrons. The standard InChI is InChI=1S/C29H48O5/c1-16-11-21(16)17(2)12-26(33)29(34,15-30)24-8-7-22-20-6-5-18-13-19(31)9-10-27(18,3)23(20)14-25(32)28(22,24)4/h16-18,20-26,30,32-34H,5-15H2,1-4H3/t16-,17?,18+,20+,21-,22+,23+,24+,25-,26?,27+,28+,29?/m1/s1. The Morgan fingerprint density at radius 1 is 1.12 bits per heavy atom. The highest BCUT2D eigenvalue weighted by Crippen LogP contribution is 2.68. The number of fused-ring (bicyclic) bond motifs is 5. The molecule has 0 amide bonds. The van der Waals surface area contributed by atoms with Gasteiger partial charge in [0.05, 0.1) is 18.8 Å². The molecule has 5 aliphatic rings. The second-order valence-electron chi connectivity index (χ2n) is 13.9. The number of aliphatic hydroxyl groups is 4. The van der Waals surface area contributed by atoms with Gasteiger partial charge in [0.15, 0.2) is 0 Å². The van der Waals surface area contributed by atoms with Crippen LogP contribution >= 0.6 is 0 Å². The van der Waals surface area contributed by atoms with Gasteiger partial charge in [-0.2, -0.15) is 0 Å². The molecule has 0 aliphatic heterocycles. The van der Waals surface area contributed by atoms with E-state index in [-0.39, 0.29) is 17.3 Å². The third-order valence-electron chi connectivity index (χ3n) is 12.5. The monoisotopic (exact) mass is 476 g/mol. The summed E-state index contributed by atoms with van der Waals surface area (Å²) < 4.78 is 0.